The summed E-state index contributed by atoms with van der Waals surface area (Å²) in [6.07, 6.45) is 3.23. The third-order valence-corrected chi connectivity index (χ3v) is 4.71. The minimum atomic E-state index is -0.241. The van der Waals surface area contributed by atoms with E-state index in [0.717, 1.165) is 37.2 Å². The van der Waals surface area contributed by atoms with Crippen LogP contribution in [-0.2, 0) is 0 Å². The molecule has 26 heavy (non-hydrogen) atoms. The van der Waals surface area contributed by atoms with E-state index in [1.165, 1.54) is 6.42 Å². The Bertz CT molecular complexity index is 811. The maximum atomic E-state index is 12.8. The summed E-state index contributed by atoms with van der Waals surface area (Å²) in [7, 11) is 1.60. The fourth-order valence-corrected chi connectivity index (χ4v) is 3.26. The van der Waals surface area contributed by atoms with Crippen LogP contribution in [0.3, 0.4) is 0 Å². The highest BCUT2D eigenvalue weighted by molar-refractivity contribution is 6.09. The average Bonchev–Trinajstić information content (AvgIpc) is 2.68. The van der Waals surface area contributed by atoms with Gasteiger partial charge in [0, 0.05) is 18.7 Å². The second-order valence-corrected chi connectivity index (χ2v) is 6.54. The van der Waals surface area contributed by atoms with Crippen LogP contribution < -0.4 is 10.1 Å². The minimum absolute atomic E-state index is 0.0217. The van der Waals surface area contributed by atoms with Gasteiger partial charge < -0.3 is 15.0 Å². The molecule has 0 saturated carbocycles. The number of nitrogens with zero attached hydrogens (tertiary/aromatic N) is 1. The summed E-state index contributed by atoms with van der Waals surface area (Å²) in [6, 6.07) is 12.5. The third kappa shape index (κ3) is 3.87. The monoisotopic (exact) mass is 352 g/mol. The van der Waals surface area contributed by atoms with Crippen LogP contribution in [0.1, 0.15) is 45.5 Å². The first kappa shape index (κ1) is 18.0. The lowest BCUT2D eigenvalue weighted by atomic mass is 10.1. The van der Waals surface area contributed by atoms with E-state index in [0.29, 0.717) is 16.8 Å². The molecule has 1 saturated heterocycles. The Morgan fingerprint density at radius 1 is 1.04 bits per heavy atom. The Morgan fingerprint density at radius 2 is 1.77 bits per heavy atom. The van der Waals surface area contributed by atoms with Crippen LogP contribution in [0, 0.1) is 6.92 Å². The van der Waals surface area contributed by atoms with E-state index < -0.39 is 0 Å². The van der Waals surface area contributed by atoms with Crippen molar-refractivity contribution in [3.8, 4) is 5.75 Å². The number of aryl methyl sites for hydroxylation is 1. The second kappa shape index (κ2) is 8.04. The fourth-order valence-electron chi connectivity index (χ4n) is 3.26. The second-order valence-electron chi connectivity index (χ2n) is 6.54. The Kier molecular flexibility index (Phi) is 5.56. The molecule has 2 amide bonds. The predicted molar refractivity (Wildman–Crippen MR) is 102 cm³/mol. The number of hydrogen-bond donors (Lipinski definition) is 1. The molecule has 0 spiro atoms. The molecule has 0 aliphatic carbocycles. The lowest BCUT2D eigenvalue weighted by molar-refractivity contribution is 0.0725. The molecule has 0 bridgehead atoms. The number of likely N-dealkylation sites (tertiary alicyclic amines) is 1. The van der Waals surface area contributed by atoms with E-state index in [1.54, 1.807) is 37.4 Å². The number of hydrogen-bond acceptors (Lipinski definition) is 3. The van der Waals surface area contributed by atoms with Gasteiger partial charge in [-0.25, -0.2) is 0 Å². The standard InChI is InChI=1S/C21H24N2O3/c1-15-14-16(10-11-19(15)26-2)20(24)22-18-9-5-4-8-17(18)21(25)23-12-6-3-7-13-23/h4-5,8-11,14H,3,6-7,12-13H2,1-2H3,(H,22,24). The molecule has 136 valence electrons. The minimum Gasteiger partial charge on any atom is -0.496 e. The molecule has 1 N–H and O–H groups in total. The summed E-state index contributed by atoms with van der Waals surface area (Å²) >= 11 is 0. The van der Waals surface area contributed by atoms with Crippen LogP contribution in [0.4, 0.5) is 5.69 Å². The molecule has 5 heteroatoms. The van der Waals surface area contributed by atoms with Crippen LogP contribution >= 0.6 is 0 Å². The SMILES string of the molecule is COc1ccc(C(=O)Nc2ccccc2C(=O)N2CCCCC2)cc1C. The van der Waals surface area contributed by atoms with Crippen molar-refractivity contribution in [1.82, 2.24) is 4.90 Å². The molecule has 5 nitrogen and oxygen atoms in total. The summed E-state index contributed by atoms with van der Waals surface area (Å²) in [4.78, 5) is 27.3. The van der Waals surface area contributed by atoms with Crippen molar-refractivity contribution in [2.24, 2.45) is 0 Å². The maximum absolute atomic E-state index is 12.8. The Hall–Kier alpha value is -2.82. The van der Waals surface area contributed by atoms with Crippen LogP contribution in [0.15, 0.2) is 42.5 Å². The number of rotatable bonds is 4. The van der Waals surface area contributed by atoms with Crippen molar-refractivity contribution < 1.29 is 14.3 Å². The molecule has 2 aromatic carbocycles. The molecule has 0 atom stereocenters. The Labute approximate surface area is 154 Å². The number of nitrogens with one attached hydrogen (secondary N) is 1. The molecular formula is C21H24N2O3. The fraction of sp³-hybridized carbons (Fsp3) is 0.333. The lowest BCUT2D eigenvalue weighted by Crippen LogP contribution is -2.36. The smallest absolute Gasteiger partial charge is 0.255 e. The molecule has 2 aromatic rings. The summed E-state index contributed by atoms with van der Waals surface area (Å²) < 4.78 is 5.23. The first-order valence-corrected chi connectivity index (χ1v) is 8.94. The first-order valence-electron chi connectivity index (χ1n) is 8.94. The average molecular weight is 352 g/mol. The molecule has 1 heterocycles. The van der Waals surface area contributed by atoms with Crippen molar-refractivity contribution in [2.75, 3.05) is 25.5 Å². The van der Waals surface area contributed by atoms with Gasteiger partial charge >= 0.3 is 0 Å². The predicted octanol–water partition coefficient (Wildman–Crippen LogP) is 3.88. The zero-order valence-corrected chi connectivity index (χ0v) is 15.2. The van der Waals surface area contributed by atoms with E-state index in [9.17, 15) is 9.59 Å². The Morgan fingerprint density at radius 3 is 2.46 bits per heavy atom. The van der Waals surface area contributed by atoms with Crippen molar-refractivity contribution in [2.45, 2.75) is 26.2 Å². The number of carbonyl (C=O) groups excluding carboxylic acids is 2. The van der Waals surface area contributed by atoms with Gasteiger partial charge in [-0.3, -0.25) is 9.59 Å². The number of methoxy groups -OCH3 is 1. The number of para-hydroxylation sites is 1. The number of anilines is 1. The highest BCUT2D eigenvalue weighted by atomic mass is 16.5. The molecule has 1 fully saturated rings. The van der Waals surface area contributed by atoms with Gasteiger partial charge in [-0.1, -0.05) is 12.1 Å². The number of carbonyl (C=O) groups is 2. The summed E-state index contributed by atoms with van der Waals surface area (Å²) in [5.41, 5.74) is 2.50. The molecule has 0 unspecified atom stereocenters. The summed E-state index contributed by atoms with van der Waals surface area (Å²) in [5.74, 6) is 0.475. The zero-order chi connectivity index (χ0) is 18.5. The number of benzene rings is 2. The topological polar surface area (TPSA) is 58.6 Å². The van der Waals surface area contributed by atoms with Crippen molar-refractivity contribution in [3.63, 3.8) is 0 Å². The van der Waals surface area contributed by atoms with E-state index in [-0.39, 0.29) is 11.8 Å². The van der Waals surface area contributed by atoms with Gasteiger partial charge in [0.25, 0.3) is 11.8 Å². The van der Waals surface area contributed by atoms with Gasteiger partial charge in [0.05, 0.1) is 18.4 Å². The highest BCUT2D eigenvalue weighted by Crippen LogP contribution is 2.22. The third-order valence-electron chi connectivity index (χ3n) is 4.71. The molecule has 1 aliphatic heterocycles. The van der Waals surface area contributed by atoms with Crippen LogP contribution in [0.25, 0.3) is 0 Å². The molecule has 0 radical (unpaired) electrons. The Balaban J connectivity index is 1.80. The summed E-state index contributed by atoms with van der Waals surface area (Å²) in [5, 5.41) is 2.88. The van der Waals surface area contributed by atoms with Gasteiger partial charge in [-0.15, -0.1) is 0 Å². The molecular weight excluding hydrogens is 328 g/mol. The van der Waals surface area contributed by atoms with Gasteiger partial charge in [0.2, 0.25) is 0 Å². The van der Waals surface area contributed by atoms with Gasteiger partial charge in [0.1, 0.15) is 5.75 Å². The van der Waals surface area contributed by atoms with Crippen LogP contribution in [0.2, 0.25) is 0 Å². The largest absolute Gasteiger partial charge is 0.496 e. The van der Waals surface area contributed by atoms with E-state index in [2.05, 4.69) is 5.32 Å². The number of ether oxygens (including phenoxy) is 1. The van der Waals surface area contributed by atoms with Gasteiger partial charge in [-0.2, -0.15) is 0 Å². The van der Waals surface area contributed by atoms with Crippen molar-refractivity contribution in [1.29, 1.82) is 0 Å². The van der Waals surface area contributed by atoms with Crippen LogP contribution in [0.5, 0.6) is 5.75 Å². The lowest BCUT2D eigenvalue weighted by Gasteiger charge is -2.27. The normalized spacial score (nSPS) is 14.0. The maximum Gasteiger partial charge on any atom is 0.255 e. The quantitative estimate of drug-likeness (QED) is 0.908. The summed E-state index contributed by atoms with van der Waals surface area (Å²) in [6.45, 7) is 3.45. The van der Waals surface area contributed by atoms with Gasteiger partial charge in [0.15, 0.2) is 0 Å². The zero-order valence-electron chi connectivity index (χ0n) is 15.2. The number of amides is 2. The first-order chi connectivity index (χ1) is 12.6. The van der Waals surface area contributed by atoms with Crippen molar-refractivity contribution in [3.05, 3.63) is 59.2 Å². The molecule has 0 aromatic heterocycles. The highest BCUT2D eigenvalue weighted by Gasteiger charge is 2.21. The van der Waals surface area contributed by atoms with E-state index in [1.807, 2.05) is 24.0 Å². The van der Waals surface area contributed by atoms with Crippen LogP contribution in [-0.4, -0.2) is 36.9 Å². The van der Waals surface area contributed by atoms with E-state index >= 15 is 0 Å². The molecule has 1 aliphatic rings. The van der Waals surface area contributed by atoms with Crippen molar-refractivity contribution >= 4 is 17.5 Å². The molecule has 3 rings (SSSR count). The van der Waals surface area contributed by atoms with E-state index in [4.69, 9.17) is 4.74 Å². The van der Waals surface area contributed by atoms with Gasteiger partial charge in [-0.05, 0) is 62.1 Å². The number of piperidine rings is 1.